The zero-order valence-corrected chi connectivity index (χ0v) is 13.7. The first-order valence-electron chi connectivity index (χ1n) is 7.77. The normalized spacial score (nSPS) is 35.8. The van der Waals surface area contributed by atoms with E-state index >= 15 is 0 Å². The molecule has 1 amide bonds. The van der Waals surface area contributed by atoms with Gasteiger partial charge in [-0.15, -0.1) is 0 Å². The minimum absolute atomic E-state index is 0.141. The Morgan fingerprint density at radius 1 is 1.33 bits per heavy atom. The Kier molecular flexibility index (Phi) is 3.35. The molecule has 3 aliphatic rings. The summed E-state index contributed by atoms with van der Waals surface area (Å²) in [6, 6.07) is 4.53. The Hall–Kier alpha value is -0.850. The molecular formula is C15H21BrN4O. The molecule has 114 valence electrons. The first-order valence-corrected chi connectivity index (χ1v) is 8.69. The van der Waals surface area contributed by atoms with Gasteiger partial charge >= 0.3 is 0 Å². The summed E-state index contributed by atoms with van der Waals surface area (Å²) in [6.07, 6.45) is 4.64. The van der Waals surface area contributed by atoms with Crippen molar-refractivity contribution >= 4 is 21.8 Å². The number of hydrogen-bond acceptors (Lipinski definition) is 3. The maximum atomic E-state index is 12.9. The minimum Gasteiger partial charge on any atom is -0.348 e. The maximum Gasteiger partial charge on any atom is 0.242 e. The first-order chi connectivity index (χ1) is 10.2. The van der Waals surface area contributed by atoms with Crippen LogP contribution in [0.2, 0.25) is 0 Å². The van der Waals surface area contributed by atoms with E-state index in [1.165, 1.54) is 18.5 Å². The van der Waals surface area contributed by atoms with Crippen LogP contribution in [0.15, 0.2) is 18.3 Å². The molecule has 3 heterocycles. The van der Waals surface area contributed by atoms with Gasteiger partial charge in [-0.2, -0.15) is 0 Å². The summed E-state index contributed by atoms with van der Waals surface area (Å²) in [5, 5.41) is 0. The maximum absolute atomic E-state index is 12.9. The van der Waals surface area contributed by atoms with Crippen LogP contribution in [0.5, 0.6) is 0 Å². The van der Waals surface area contributed by atoms with Gasteiger partial charge in [0.05, 0.1) is 10.9 Å². The van der Waals surface area contributed by atoms with Crippen molar-refractivity contribution in [3.05, 3.63) is 24.0 Å². The minimum atomic E-state index is -0.167. The molecule has 4 atom stereocenters. The third-order valence-electron chi connectivity index (χ3n) is 5.09. The van der Waals surface area contributed by atoms with Crippen molar-refractivity contribution in [1.29, 1.82) is 0 Å². The highest BCUT2D eigenvalue weighted by molar-refractivity contribution is 9.09. The number of alkyl halides is 1. The van der Waals surface area contributed by atoms with Crippen molar-refractivity contribution in [1.82, 2.24) is 20.3 Å². The lowest BCUT2D eigenvalue weighted by molar-refractivity contribution is -0.136. The fourth-order valence-electron chi connectivity index (χ4n) is 3.64. The molecule has 5 nitrogen and oxygen atoms in total. The van der Waals surface area contributed by atoms with Gasteiger partial charge in [0.25, 0.3) is 0 Å². The van der Waals surface area contributed by atoms with Crippen LogP contribution < -0.4 is 10.9 Å². The van der Waals surface area contributed by atoms with Crippen molar-refractivity contribution in [2.75, 3.05) is 6.54 Å². The van der Waals surface area contributed by atoms with Gasteiger partial charge in [0.15, 0.2) is 0 Å². The number of amides is 1. The number of hydrogen-bond donors (Lipinski definition) is 2. The van der Waals surface area contributed by atoms with Crippen LogP contribution in [0.4, 0.5) is 0 Å². The molecule has 21 heavy (non-hydrogen) atoms. The van der Waals surface area contributed by atoms with Crippen LogP contribution in [0.1, 0.15) is 31.5 Å². The van der Waals surface area contributed by atoms with Gasteiger partial charge in [-0.3, -0.25) is 10.2 Å². The lowest BCUT2D eigenvalue weighted by Gasteiger charge is -2.36. The van der Waals surface area contributed by atoms with Gasteiger partial charge in [-0.05, 0) is 37.8 Å². The average molecular weight is 353 g/mol. The molecule has 2 aliphatic heterocycles. The molecule has 1 aromatic rings. The van der Waals surface area contributed by atoms with E-state index in [1.807, 2.05) is 4.90 Å². The number of carbonyl (C=O) groups excluding carboxylic acids is 1. The zero-order valence-electron chi connectivity index (χ0n) is 12.1. The number of aromatic nitrogens is 1. The van der Waals surface area contributed by atoms with E-state index in [-0.39, 0.29) is 22.8 Å². The standard InChI is InChI=1S/C15H21BrN4O/c1-9-11-3-2-6-19(11)7-8-20(9)15(21)14-12(16)13(17-18-14)10-4-5-10/h2-3,6,9-10,12-14,17-18H,4-5,7-8H2,1H3. The summed E-state index contributed by atoms with van der Waals surface area (Å²) < 4.78 is 2.24. The van der Waals surface area contributed by atoms with Crippen LogP contribution in [-0.4, -0.2) is 38.8 Å². The van der Waals surface area contributed by atoms with E-state index in [4.69, 9.17) is 0 Å². The number of halogens is 1. The van der Waals surface area contributed by atoms with Crippen molar-refractivity contribution in [3.63, 3.8) is 0 Å². The molecule has 0 radical (unpaired) electrons. The molecule has 0 bridgehead atoms. The van der Waals surface area contributed by atoms with Crippen molar-refractivity contribution in [3.8, 4) is 0 Å². The van der Waals surface area contributed by atoms with Gasteiger partial charge in [0.2, 0.25) is 5.91 Å². The molecule has 2 N–H and O–H groups in total. The van der Waals surface area contributed by atoms with Crippen LogP contribution >= 0.6 is 15.9 Å². The third-order valence-corrected chi connectivity index (χ3v) is 6.19. The second-order valence-corrected chi connectivity index (χ2v) is 7.47. The highest BCUT2D eigenvalue weighted by Crippen LogP contribution is 2.39. The Morgan fingerprint density at radius 3 is 2.90 bits per heavy atom. The second-order valence-electron chi connectivity index (χ2n) is 6.41. The van der Waals surface area contributed by atoms with E-state index in [0.29, 0.717) is 6.04 Å². The van der Waals surface area contributed by atoms with E-state index in [0.717, 1.165) is 19.0 Å². The summed E-state index contributed by atoms with van der Waals surface area (Å²) >= 11 is 3.75. The third kappa shape index (κ3) is 2.24. The van der Waals surface area contributed by atoms with Gasteiger partial charge in [-0.1, -0.05) is 15.9 Å². The van der Waals surface area contributed by atoms with Gasteiger partial charge in [0.1, 0.15) is 6.04 Å². The molecule has 1 aromatic heterocycles. The summed E-state index contributed by atoms with van der Waals surface area (Å²) in [5.74, 6) is 0.920. The van der Waals surface area contributed by atoms with Crippen LogP contribution in [-0.2, 0) is 11.3 Å². The summed E-state index contributed by atoms with van der Waals surface area (Å²) in [7, 11) is 0. The number of carbonyl (C=O) groups is 1. The van der Waals surface area contributed by atoms with Crippen molar-refractivity contribution in [2.45, 2.75) is 49.3 Å². The zero-order chi connectivity index (χ0) is 14.6. The molecule has 1 aliphatic carbocycles. The van der Waals surface area contributed by atoms with Crippen LogP contribution in [0.25, 0.3) is 0 Å². The predicted octanol–water partition coefficient (Wildman–Crippen LogP) is 1.41. The fraction of sp³-hybridized carbons (Fsp3) is 0.667. The highest BCUT2D eigenvalue weighted by atomic mass is 79.9. The van der Waals surface area contributed by atoms with Crippen molar-refractivity contribution in [2.24, 2.45) is 5.92 Å². The molecule has 4 unspecified atom stereocenters. The lowest BCUT2D eigenvalue weighted by atomic mass is 10.0. The molecule has 0 spiro atoms. The summed E-state index contributed by atoms with van der Waals surface area (Å²) in [5.41, 5.74) is 7.76. The Bertz CT molecular complexity index is 556. The number of rotatable bonds is 2. The highest BCUT2D eigenvalue weighted by Gasteiger charge is 2.47. The van der Waals surface area contributed by atoms with Crippen molar-refractivity contribution < 1.29 is 4.79 Å². The van der Waals surface area contributed by atoms with Gasteiger partial charge < -0.3 is 9.47 Å². The molecule has 6 heteroatoms. The van der Waals surface area contributed by atoms with E-state index < -0.39 is 0 Å². The van der Waals surface area contributed by atoms with Gasteiger partial charge in [-0.25, -0.2) is 5.43 Å². The number of nitrogens with zero attached hydrogens (tertiary/aromatic N) is 2. The summed E-state index contributed by atoms with van der Waals surface area (Å²) in [6.45, 7) is 3.79. The van der Waals surface area contributed by atoms with E-state index in [2.05, 4.69) is 56.6 Å². The molecule has 2 fully saturated rings. The van der Waals surface area contributed by atoms with Crippen LogP contribution in [0.3, 0.4) is 0 Å². The Labute approximate surface area is 133 Å². The second kappa shape index (κ2) is 5.11. The monoisotopic (exact) mass is 352 g/mol. The Balaban J connectivity index is 1.50. The summed E-state index contributed by atoms with van der Waals surface area (Å²) in [4.78, 5) is 15.1. The van der Waals surface area contributed by atoms with E-state index in [1.54, 1.807) is 0 Å². The predicted molar refractivity (Wildman–Crippen MR) is 83.8 cm³/mol. The molecule has 1 saturated heterocycles. The fourth-order valence-corrected chi connectivity index (χ4v) is 4.56. The smallest absolute Gasteiger partial charge is 0.242 e. The number of nitrogens with one attached hydrogen (secondary N) is 2. The molecule has 0 aromatic carbocycles. The number of hydrazine groups is 1. The average Bonchev–Trinajstić information content (AvgIpc) is 3.06. The SMILES string of the molecule is CC1c2cccn2CCN1C(=O)C1NNC(C2CC2)C1Br. The Morgan fingerprint density at radius 2 is 2.14 bits per heavy atom. The largest absolute Gasteiger partial charge is 0.348 e. The first kappa shape index (κ1) is 13.8. The molecule has 4 rings (SSSR count). The topological polar surface area (TPSA) is 49.3 Å². The lowest BCUT2D eigenvalue weighted by Crippen LogP contribution is -2.51. The molecule has 1 saturated carbocycles. The van der Waals surface area contributed by atoms with Crippen LogP contribution in [0, 0.1) is 5.92 Å². The molecular weight excluding hydrogens is 332 g/mol. The van der Waals surface area contributed by atoms with Gasteiger partial charge in [0, 0.05) is 31.0 Å². The van der Waals surface area contributed by atoms with E-state index in [9.17, 15) is 4.79 Å². The quantitative estimate of drug-likeness (QED) is 0.791. The number of fused-ring (bicyclic) bond motifs is 1.